The number of aromatic amines is 1. The normalized spacial score (nSPS) is 13.2. The molecule has 0 saturated heterocycles. The minimum atomic E-state index is -0.670. The molecular formula is C28H32N4O4. The molecule has 36 heavy (non-hydrogen) atoms. The van der Waals surface area contributed by atoms with Crippen molar-refractivity contribution in [1.29, 1.82) is 0 Å². The summed E-state index contributed by atoms with van der Waals surface area (Å²) >= 11 is 0. The molecule has 0 unspecified atom stereocenters. The van der Waals surface area contributed by atoms with E-state index in [-0.39, 0.29) is 37.0 Å². The van der Waals surface area contributed by atoms with Crippen molar-refractivity contribution in [3.8, 4) is 5.75 Å². The summed E-state index contributed by atoms with van der Waals surface area (Å²) < 4.78 is 7.01. The zero-order valence-electron chi connectivity index (χ0n) is 20.3. The molecule has 1 amide bonds. The number of ether oxygens (including phenoxy) is 1. The van der Waals surface area contributed by atoms with Crippen LogP contribution in [0.25, 0.3) is 0 Å². The van der Waals surface area contributed by atoms with E-state index >= 15 is 0 Å². The number of amides is 1. The molecule has 0 spiro atoms. The number of rotatable bonds is 10. The van der Waals surface area contributed by atoms with Gasteiger partial charge in [-0.15, -0.1) is 0 Å². The lowest BCUT2D eigenvalue weighted by molar-refractivity contribution is -0.119. The van der Waals surface area contributed by atoms with Crippen molar-refractivity contribution in [2.24, 2.45) is 0 Å². The zero-order chi connectivity index (χ0) is 25.3. The van der Waals surface area contributed by atoms with Crippen LogP contribution in [-0.4, -0.2) is 28.6 Å². The predicted molar refractivity (Wildman–Crippen MR) is 141 cm³/mol. The van der Waals surface area contributed by atoms with Crippen LogP contribution in [0.2, 0.25) is 0 Å². The highest BCUT2D eigenvalue weighted by molar-refractivity contribution is 5.95. The van der Waals surface area contributed by atoms with E-state index in [2.05, 4.69) is 11.1 Å². The fourth-order valence-corrected chi connectivity index (χ4v) is 4.42. The molecule has 0 bridgehead atoms. The molecular weight excluding hydrogens is 456 g/mol. The highest BCUT2D eigenvalue weighted by atomic mass is 16.5. The van der Waals surface area contributed by atoms with Gasteiger partial charge in [0.25, 0.3) is 5.56 Å². The molecule has 188 valence electrons. The molecule has 4 rings (SSSR count). The third-order valence-electron chi connectivity index (χ3n) is 6.34. The summed E-state index contributed by atoms with van der Waals surface area (Å²) in [7, 11) is 0. The van der Waals surface area contributed by atoms with Gasteiger partial charge in [0.2, 0.25) is 5.91 Å². The van der Waals surface area contributed by atoms with Crippen LogP contribution in [0.4, 0.5) is 11.5 Å². The first-order valence-electron chi connectivity index (χ1n) is 12.4. The molecule has 1 aliphatic rings. The molecule has 1 aliphatic carbocycles. The number of carbonyl (C=O) groups excluding carboxylic acids is 1. The second kappa shape index (κ2) is 12.1. The fourth-order valence-electron chi connectivity index (χ4n) is 4.42. The SMILES string of the molecule is Nc1c(N(CCC2=CCCCC2)C(=O)CCOc2ccccc2)c(=O)[nH]c(=O)n1Cc1ccccc1. The van der Waals surface area contributed by atoms with Gasteiger partial charge in [0.05, 0.1) is 19.6 Å². The topological polar surface area (TPSA) is 110 Å². The van der Waals surface area contributed by atoms with Gasteiger partial charge in [0.1, 0.15) is 11.6 Å². The summed E-state index contributed by atoms with van der Waals surface area (Å²) in [5.74, 6) is 0.352. The second-order valence-corrected chi connectivity index (χ2v) is 8.88. The molecule has 2 aromatic carbocycles. The van der Waals surface area contributed by atoms with E-state index in [1.54, 1.807) is 0 Å². The maximum Gasteiger partial charge on any atom is 0.330 e. The Kier molecular flexibility index (Phi) is 8.39. The Morgan fingerprint density at radius 2 is 1.75 bits per heavy atom. The van der Waals surface area contributed by atoms with Crippen molar-refractivity contribution in [3.05, 3.63) is 98.7 Å². The Morgan fingerprint density at radius 3 is 2.44 bits per heavy atom. The minimum absolute atomic E-state index is 0.00616. The van der Waals surface area contributed by atoms with Crippen LogP contribution in [0.3, 0.4) is 0 Å². The summed E-state index contributed by atoms with van der Waals surface area (Å²) in [5.41, 5.74) is 7.25. The lowest BCUT2D eigenvalue weighted by Crippen LogP contribution is -2.42. The number of anilines is 2. The zero-order valence-corrected chi connectivity index (χ0v) is 20.3. The van der Waals surface area contributed by atoms with Crippen LogP contribution >= 0.6 is 0 Å². The van der Waals surface area contributed by atoms with E-state index in [1.165, 1.54) is 21.5 Å². The van der Waals surface area contributed by atoms with Crippen molar-refractivity contribution < 1.29 is 9.53 Å². The van der Waals surface area contributed by atoms with Crippen LogP contribution in [0, 0.1) is 0 Å². The molecule has 0 atom stereocenters. The van der Waals surface area contributed by atoms with Crippen LogP contribution < -0.4 is 26.6 Å². The number of nitrogen functional groups attached to an aromatic ring is 1. The van der Waals surface area contributed by atoms with Gasteiger partial charge in [-0.1, -0.05) is 60.2 Å². The van der Waals surface area contributed by atoms with Gasteiger partial charge >= 0.3 is 5.69 Å². The molecule has 3 aromatic rings. The number of benzene rings is 2. The van der Waals surface area contributed by atoms with Crippen LogP contribution in [0.5, 0.6) is 5.75 Å². The number of allylic oxidation sites excluding steroid dienone is 1. The number of aromatic nitrogens is 2. The van der Waals surface area contributed by atoms with E-state index in [0.29, 0.717) is 18.7 Å². The number of carbonyl (C=O) groups is 1. The quantitative estimate of drug-likeness (QED) is 0.421. The highest BCUT2D eigenvalue weighted by Crippen LogP contribution is 2.24. The summed E-state index contributed by atoms with van der Waals surface area (Å²) in [5, 5.41) is 0. The van der Waals surface area contributed by atoms with E-state index in [0.717, 1.165) is 24.8 Å². The van der Waals surface area contributed by atoms with Crippen molar-refractivity contribution >= 4 is 17.4 Å². The largest absolute Gasteiger partial charge is 0.493 e. The van der Waals surface area contributed by atoms with Gasteiger partial charge in [0, 0.05) is 6.54 Å². The Bertz CT molecular complexity index is 1310. The number of nitrogens with zero attached hydrogens (tertiary/aromatic N) is 2. The lowest BCUT2D eigenvalue weighted by Gasteiger charge is -2.26. The van der Waals surface area contributed by atoms with E-state index in [9.17, 15) is 14.4 Å². The van der Waals surface area contributed by atoms with Crippen molar-refractivity contribution in [2.75, 3.05) is 23.8 Å². The Balaban J connectivity index is 1.61. The van der Waals surface area contributed by atoms with Crippen molar-refractivity contribution in [1.82, 2.24) is 9.55 Å². The molecule has 0 aliphatic heterocycles. The maximum atomic E-state index is 13.4. The van der Waals surface area contributed by atoms with Crippen LogP contribution in [0.15, 0.2) is 81.9 Å². The maximum absolute atomic E-state index is 13.4. The van der Waals surface area contributed by atoms with Gasteiger partial charge in [-0.3, -0.25) is 19.1 Å². The van der Waals surface area contributed by atoms with Gasteiger partial charge in [-0.05, 0) is 49.8 Å². The molecule has 0 radical (unpaired) electrons. The average molecular weight is 489 g/mol. The van der Waals surface area contributed by atoms with E-state index < -0.39 is 11.2 Å². The molecule has 1 aromatic heterocycles. The summed E-state index contributed by atoms with van der Waals surface area (Å²) in [6, 6.07) is 18.6. The van der Waals surface area contributed by atoms with Gasteiger partial charge in [-0.25, -0.2) is 4.79 Å². The number of nitrogens with two attached hydrogens (primary N) is 1. The Hall–Kier alpha value is -4.07. The lowest BCUT2D eigenvalue weighted by atomic mass is 9.97. The summed E-state index contributed by atoms with van der Waals surface area (Å²) in [4.78, 5) is 42.8. The van der Waals surface area contributed by atoms with Crippen LogP contribution in [0.1, 0.15) is 44.1 Å². The molecule has 8 nitrogen and oxygen atoms in total. The Morgan fingerprint density at radius 1 is 1.03 bits per heavy atom. The minimum Gasteiger partial charge on any atom is -0.493 e. The third kappa shape index (κ3) is 6.33. The molecule has 0 fully saturated rings. The average Bonchev–Trinajstić information content (AvgIpc) is 2.90. The van der Waals surface area contributed by atoms with Gasteiger partial charge in [0.15, 0.2) is 5.69 Å². The van der Waals surface area contributed by atoms with Crippen molar-refractivity contribution in [3.63, 3.8) is 0 Å². The van der Waals surface area contributed by atoms with Gasteiger partial charge in [-0.2, -0.15) is 0 Å². The Labute approximate surface area is 210 Å². The molecule has 0 saturated carbocycles. The van der Waals surface area contributed by atoms with Crippen molar-refractivity contribution in [2.45, 2.75) is 45.1 Å². The standard InChI is InChI=1S/C28H32N4O4/c29-26-25(27(34)30-28(35)32(26)20-22-12-6-2-7-13-22)31(18-16-21-10-4-1-5-11-21)24(33)17-19-36-23-14-8-3-9-15-23/h2-3,6-10,12-15H,1,4-5,11,16-20,29H2,(H,30,34,35). The van der Waals surface area contributed by atoms with E-state index in [4.69, 9.17) is 10.5 Å². The third-order valence-corrected chi connectivity index (χ3v) is 6.34. The fraction of sp³-hybridized carbons (Fsp3) is 0.321. The van der Waals surface area contributed by atoms with Crippen LogP contribution in [-0.2, 0) is 11.3 Å². The number of hydrogen-bond donors (Lipinski definition) is 2. The van der Waals surface area contributed by atoms with Gasteiger partial charge < -0.3 is 15.4 Å². The number of nitrogens with one attached hydrogen (secondary N) is 1. The monoisotopic (exact) mass is 488 g/mol. The first kappa shape index (κ1) is 25.0. The number of para-hydroxylation sites is 1. The predicted octanol–water partition coefficient (Wildman–Crippen LogP) is 3.86. The summed E-state index contributed by atoms with van der Waals surface area (Å²) in [6.45, 7) is 0.635. The molecule has 1 heterocycles. The number of H-pyrrole nitrogens is 1. The summed E-state index contributed by atoms with van der Waals surface area (Å²) in [6.07, 6.45) is 7.22. The molecule has 8 heteroatoms. The second-order valence-electron chi connectivity index (χ2n) is 8.88. The number of hydrogen-bond acceptors (Lipinski definition) is 5. The molecule has 3 N–H and O–H groups in total. The first-order valence-corrected chi connectivity index (χ1v) is 12.4. The van der Waals surface area contributed by atoms with E-state index in [1.807, 2.05) is 60.7 Å². The highest BCUT2D eigenvalue weighted by Gasteiger charge is 2.24. The first-order chi connectivity index (χ1) is 17.5. The smallest absolute Gasteiger partial charge is 0.330 e.